The minimum absolute atomic E-state index is 0.276. The standard InChI is InChI=1S/C10H14O/c1-2-6-10(11)9-7-4-3-5-8-9/h2-4,9H,1,5-8H2/t9-/m0/s1. The summed E-state index contributed by atoms with van der Waals surface area (Å²) in [5.74, 6) is 0.627. The molecule has 1 aliphatic rings. The van der Waals surface area contributed by atoms with Crippen molar-refractivity contribution in [3.63, 3.8) is 0 Å². The second-order valence-electron chi connectivity index (χ2n) is 2.94. The van der Waals surface area contributed by atoms with Gasteiger partial charge in [-0.25, -0.2) is 0 Å². The van der Waals surface area contributed by atoms with E-state index in [1.54, 1.807) is 6.08 Å². The number of allylic oxidation sites excluding steroid dienone is 3. The predicted molar refractivity (Wildman–Crippen MR) is 46.3 cm³/mol. The third-order valence-corrected chi connectivity index (χ3v) is 2.07. The maximum atomic E-state index is 11.3. The van der Waals surface area contributed by atoms with E-state index in [0.29, 0.717) is 12.2 Å². The van der Waals surface area contributed by atoms with E-state index in [1.807, 2.05) is 0 Å². The lowest BCUT2D eigenvalue weighted by molar-refractivity contribution is -0.122. The van der Waals surface area contributed by atoms with Crippen LogP contribution in [0.2, 0.25) is 0 Å². The monoisotopic (exact) mass is 150 g/mol. The minimum Gasteiger partial charge on any atom is -0.299 e. The van der Waals surface area contributed by atoms with Gasteiger partial charge in [-0.15, -0.1) is 6.58 Å². The van der Waals surface area contributed by atoms with Crippen LogP contribution < -0.4 is 0 Å². The molecule has 0 N–H and O–H groups in total. The molecule has 1 rings (SSSR count). The molecule has 0 bridgehead atoms. The Kier molecular flexibility index (Phi) is 3.09. The Morgan fingerprint density at radius 3 is 3.00 bits per heavy atom. The van der Waals surface area contributed by atoms with Crippen molar-refractivity contribution >= 4 is 5.78 Å². The summed E-state index contributed by atoms with van der Waals surface area (Å²) in [6, 6.07) is 0. The van der Waals surface area contributed by atoms with Crippen molar-refractivity contribution in [2.45, 2.75) is 25.7 Å². The van der Waals surface area contributed by atoms with Gasteiger partial charge < -0.3 is 0 Å². The van der Waals surface area contributed by atoms with Crippen LogP contribution in [0.5, 0.6) is 0 Å². The lowest BCUT2D eigenvalue weighted by Crippen LogP contribution is -2.14. The molecule has 1 heteroatoms. The van der Waals surface area contributed by atoms with Crippen LogP contribution in [-0.4, -0.2) is 5.78 Å². The lowest BCUT2D eigenvalue weighted by Gasteiger charge is -2.14. The molecule has 1 atom stereocenters. The number of carbonyl (C=O) groups is 1. The van der Waals surface area contributed by atoms with Crippen LogP contribution in [0.4, 0.5) is 0 Å². The molecule has 0 saturated heterocycles. The third kappa shape index (κ3) is 2.34. The molecule has 11 heavy (non-hydrogen) atoms. The number of hydrogen-bond donors (Lipinski definition) is 0. The Hall–Kier alpha value is -0.850. The summed E-state index contributed by atoms with van der Waals surface area (Å²) in [6.07, 6.45) is 9.52. The molecule has 0 aromatic carbocycles. The highest BCUT2D eigenvalue weighted by molar-refractivity contribution is 5.82. The maximum absolute atomic E-state index is 11.3. The zero-order valence-corrected chi connectivity index (χ0v) is 6.75. The summed E-state index contributed by atoms with van der Waals surface area (Å²) in [4.78, 5) is 11.3. The first kappa shape index (κ1) is 8.25. The fourth-order valence-electron chi connectivity index (χ4n) is 1.39. The van der Waals surface area contributed by atoms with Crippen molar-refractivity contribution in [1.29, 1.82) is 0 Å². The van der Waals surface area contributed by atoms with Gasteiger partial charge in [0.1, 0.15) is 5.78 Å². The normalized spacial score (nSPS) is 23.1. The van der Waals surface area contributed by atoms with Crippen LogP contribution in [0, 0.1) is 5.92 Å². The summed E-state index contributed by atoms with van der Waals surface area (Å²) >= 11 is 0. The van der Waals surface area contributed by atoms with Gasteiger partial charge in [-0.2, -0.15) is 0 Å². The second-order valence-corrected chi connectivity index (χ2v) is 2.94. The first-order valence-electron chi connectivity index (χ1n) is 4.13. The zero-order valence-electron chi connectivity index (χ0n) is 6.75. The summed E-state index contributed by atoms with van der Waals surface area (Å²) in [5, 5.41) is 0. The first-order chi connectivity index (χ1) is 5.34. The molecule has 0 fully saturated rings. The topological polar surface area (TPSA) is 17.1 Å². The Bertz CT molecular complexity index is 179. The molecule has 0 heterocycles. The molecule has 1 nitrogen and oxygen atoms in total. The molecule has 0 aromatic heterocycles. The van der Waals surface area contributed by atoms with Gasteiger partial charge in [0, 0.05) is 12.3 Å². The SMILES string of the molecule is C=CCC(=O)[C@H]1CC=CCC1. The van der Waals surface area contributed by atoms with Gasteiger partial charge in [-0.05, 0) is 19.3 Å². The zero-order chi connectivity index (χ0) is 8.10. The van der Waals surface area contributed by atoms with Gasteiger partial charge in [0.25, 0.3) is 0 Å². The van der Waals surface area contributed by atoms with Crippen LogP contribution >= 0.6 is 0 Å². The van der Waals surface area contributed by atoms with Gasteiger partial charge in [0.2, 0.25) is 0 Å². The molecular weight excluding hydrogens is 136 g/mol. The molecule has 1 aliphatic carbocycles. The smallest absolute Gasteiger partial charge is 0.140 e. The summed E-state index contributed by atoms with van der Waals surface area (Å²) < 4.78 is 0. The molecule has 0 amide bonds. The van der Waals surface area contributed by atoms with Crippen molar-refractivity contribution in [3.05, 3.63) is 24.8 Å². The van der Waals surface area contributed by atoms with Gasteiger partial charge >= 0.3 is 0 Å². The number of Topliss-reactive ketones (excluding diaryl/α,β-unsaturated/α-hetero) is 1. The number of carbonyl (C=O) groups excluding carboxylic acids is 1. The van der Waals surface area contributed by atoms with Crippen LogP contribution in [0.1, 0.15) is 25.7 Å². The van der Waals surface area contributed by atoms with E-state index < -0.39 is 0 Å². The average molecular weight is 150 g/mol. The average Bonchev–Trinajstić information content (AvgIpc) is 2.07. The van der Waals surface area contributed by atoms with E-state index in [9.17, 15) is 4.79 Å². The van der Waals surface area contributed by atoms with Gasteiger partial charge in [0.05, 0.1) is 0 Å². The minimum atomic E-state index is 0.276. The summed E-state index contributed by atoms with van der Waals surface area (Å²) in [7, 11) is 0. The highest BCUT2D eigenvalue weighted by Gasteiger charge is 2.16. The quantitative estimate of drug-likeness (QED) is 0.565. The largest absolute Gasteiger partial charge is 0.299 e. The summed E-state index contributed by atoms with van der Waals surface area (Å²) in [5.41, 5.74) is 0. The molecule has 60 valence electrons. The molecule has 0 unspecified atom stereocenters. The third-order valence-electron chi connectivity index (χ3n) is 2.07. The molecular formula is C10H14O. The van der Waals surface area contributed by atoms with E-state index in [-0.39, 0.29) is 5.92 Å². The van der Waals surface area contributed by atoms with Gasteiger partial charge in [-0.1, -0.05) is 18.2 Å². The Labute approximate surface area is 67.8 Å². The van der Waals surface area contributed by atoms with Crippen LogP contribution in [0.25, 0.3) is 0 Å². The number of rotatable bonds is 3. The number of ketones is 1. The van der Waals surface area contributed by atoms with E-state index in [4.69, 9.17) is 0 Å². The van der Waals surface area contributed by atoms with E-state index >= 15 is 0 Å². The first-order valence-corrected chi connectivity index (χ1v) is 4.13. The lowest BCUT2D eigenvalue weighted by atomic mass is 9.89. The highest BCUT2D eigenvalue weighted by atomic mass is 16.1. The molecule has 0 aromatic rings. The number of hydrogen-bond acceptors (Lipinski definition) is 1. The van der Waals surface area contributed by atoms with E-state index in [0.717, 1.165) is 19.3 Å². The van der Waals surface area contributed by atoms with Crippen molar-refractivity contribution in [3.8, 4) is 0 Å². The Balaban J connectivity index is 2.40. The fraction of sp³-hybridized carbons (Fsp3) is 0.500. The van der Waals surface area contributed by atoms with E-state index in [1.165, 1.54) is 0 Å². The molecule has 0 radical (unpaired) electrons. The van der Waals surface area contributed by atoms with Crippen LogP contribution in [-0.2, 0) is 4.79 Å². The van der Waals surface area contributed by atoms with Crippen LogP contribution in [0.15, 0.2) is 24.8 Å². The van der Waals surface area contributed by atoms with Crippen molar-refractivity contribution < 1.29 is 4.79 Å². The second kappa shape index (κ2) is 4.12. The summed E-state index contributed by atoms with van der Waals surface area (Å²) in [6.45, 7) is 3.56. The Morgan fingerprint density at radius 2 is 2.45 bits per heavy atom. The van der Waals surface area contributed by atoms with Gasteiger partial charge in [0.15, 0.2) is 0 Å². The van der Waals surface area contributed by atoms with E-state index in [2.05, 4.69) is 18.7 Å². The Morgan fingerprint density at radius 1 is 1.64 bits per heavy atom. The molecule has 0 saturated carbocycles. The predicted octanol–water partition coefficient (Wildman–Crippen LogP) is 2.49. The highest BCUT2D eigenvalue weighted by Crippen LogP contribution is 2.19. The van der Waals surface area contributed by atoms with Gasteiger partial charge in [-0.3, -0.25) is 4.79 Å². The fourth-order valence-corrected chi connectivity index (χ4v) is 1.39. The van der Waals surface area contributed by atoms with Crippen molar-refractivity contribution in [1.82, 2.24) is 0 Å². The van der Waals surface area contributed by atoms with Crippen molar-refractivity contribution in [2.75, 3.05) is 0 Å². The molecule has 0 spiro atoms. The van der Waals surface area contributed by atoms with Crippen molar-refractivity contribution in [2.24, 2.45) is 5.92 Å². The maximum Gasteiger partial charge on any atom is 0.140 e. The molecule has 0 aliphatic heterocycles. The van der Waals surface area contributed by atoms with Crippen LogP contribution in [0.3, 0.4) is 0 Å².